The van der Waals surface area contributed by atoms with Crippen LogP contribution >= 0.6 is 11.3 Å². The Morgan fingerprint density at radius 1 is 0.741 bits per heavy atom. The van der Waals surface area contributed by atoms with Gasteiger partial charge in [-0.25, -0.2) is 0 Å². The fourth-order valence-electron chi connectivity index (χ4n) is 2.93. The number of carbonyl (C=O) groups excluding carboxylic acids is 2. The smallest absolute Gasteiger partial charge is 0.251 e. The standard InChI is InChI=1S/C23H17NO2S/c25-22(17-7-2-1-3-8-17)21-13-12-20(27-21)15-24-23(26)19-11-10-16-6-4-5-9-18(16)14-19/h1-14H,15H2,(H,24,26). The van der Waals surface area contributed by atoms with Gasteiger partial charge in [0.15, 0.2) is 0 Å². The van der Waals surface area contributed by atoms with E-state index < -0.39 is 0 Å². The SMILES string of the molecule is O=C(NCc1ccc(C(=O)c2ccccc2)s1)c1ccc2ccccc2c1. The summed E-state index contributed by atoms with van der Waals surface area (Å²) in [5, 5.41) is 5.08. The zero-order valence-corrected chi connectivity index (χ0v) is 15.3. The molecule has 0 fully saturated rings. The number of hydrogen-bond donors (Lipinski definition) is 1. The molecule has 4 rings (SSSR count). The molecule has 0 unspecified atom stereocenters. The summed E-state index contributed by atoms with van der Waals surface area (Å²) in [6.07, 6.45) is 0. The first kappa shape index (κ1) is 17.2. The van der Waals surface area contributed by atoms with E-state index >= 15 is 0 Å². The Hall–Kier alpha value is -3.24. The second kappa shape index (κ2) is 7.56. The number of hydrogen-bond acceptors (Lipinski definition) is 3. The van der Waals surface area contributed by atoms with Crippen LogP contribution in [0.2, 0.25) is 0 Å². The van der Waals surface area contributed by atoms with Crippen LogP contribution in [0.3, 0.4) is 0 Å². The summed E-state index contributed by atoms with van der Waals surface area (Å²) in [4.78, 5) is 26.5. The Morgan fingerprint density at radius 3 is 2.30 bits per heavy atom. The van der Waals surface area contributed by atoms with Crippen LogP contribution in [0, 0.1) is 0 Å². The summed E-state index contributed by atoms with van der Waals surface area (Å²) in [5.41, 5.74) is 1.30. The highest BCUT2D eigenvalue weighted by Crippen LogP contribution is 2.20. The van der Waals surface area contributed by atoms with Crippen molar-refractivity contribution in [1.29, 1.82) is 0 Å². The van der Waals surface area contributed by atoms with Crippen LogP contribution in [0.25, 0.3) is 10.8 Å². The van der Waals surface area contributed by atoms with Crippen molar-refractivity contribution in [1.82, 2.24) is 5.32 Å². The van der Waals surface area contributed by atoms with Crippen molar-refractivity contribution >= 4 is 33.8 Å². The van der Waals surface area contributed by atoms with E-state index in [1.165, 1.54) is 11.3 Å². The average molecular weight is 371 g/mol. The minimum absolute atomic E-state index is 0.00713. The molecule has 0 atom stereocenters. The molecule has 27 heavy (non-hydrogen) atoms. The van der Waals surface area contributed by atoms with Gasteiger partial charge in [0, 0.05) is 16.0 Å². The van der Waals surface area contributed by atoms with Gasteiger partial charge in [-0.2, -0.15) is 0 Å². The van der Waals surface area contributed by atoms with Crippen LogP contribution in [0.15, 0.2) is 84.9 Å². The van der Waals surface area contributed by atoms with Crippen LogP contribution in [-0.4, -0.2) is 11.7 Å². The molecule has 0 aliphatic heterocycles. The molecule has 0 bridgehead atoms. The van der Waals surface area contributed by atoms with Gasteiger partial charge in [-0.1, -0.05) is 60.7 Å². The predicted octanol–water partition coefficient (Wildman–Crippen LogP) is 5.06. The van der Waals surface area contributed by atoms with E-state index in [0.29, 0.717) is 22.5 Å². The number of ketones is 1. The van der Waals surface area contributed by atoms with Gasteiger partial charge in [-0.3, -0.25) is 9.59 Å². The third-order valence-corrected chi connectivity index (χ3v) is 5.44. The molecule has 1 aromatic heterocycles. The number of fused-ring (bicyclic) bond motifs is 1. The largest absolute Gasteiger partial charge is 0.347 e. The van der Waals surface area contributed by atoms with Crippen molar-refractivity contribution in [3.8, 4) is 0 Å². The molecule has 0 saturated carbocycles. The number of rotatable bonds is 5. The van der Waals surface area contributed by atoms with Crippen molar-refractivity contribution in [2.75, 3.05) is 0 Å². The van der Waals surface area contributed by atoms with Gasteiger partial charge in [0.05, 0.1) is 11.4 Å². The Bertz CT molecular complexity index is 1120. The maximum Gasteiger partial charge on any atom is 0.251 e. The second-order valence-electron chi connectivity index (χ2n) is 6.21. The maximum atomic E-state index is 12.5. The number of carbonyl (C=O) groups is 2. The topological polar surface area (TPSA) is 46.2 Å². The summed E-state index contributed by atoms with van der Waals surface area (Å²) in [6.45, 7) is 0.401. The third-order valence-electron chi connectivity index (χ3n) is 4.36. The van der Waals surface area contributed by atoms with Crippen LogP contribution in [0.5, 0.6) is 0 Å². The van der Waals surface area contributed by atoms with Crippen LogP contribution in [0.4, 0.5) is 0 Å². The zero-order valence-electron chi connectivity index (χ0n) is 14.5. The molecule has 4 heteroatoms. The van der Waals surface area contributed by atoms with Crippen LogP contribution in [-0.2, 0) is 6.54 Å². The lowest BCUT2D eigenvalue weighted by atomic mass is 10.1. The van der Waals surface area contributed by atoms with E-state index in [4.69, 9.17) is 0 Å². The maximum absolute atomic E-state index is 12.5. The fourth-order valence-corrected chi connectivity index (χ4v) is 3.84. The Labute approximate surface area is 161 Å². The van der Waals surface area contributed by atoms with Crippen molar-refractivity contribution in [2.45, 2.75) is 6.54 Å². The third kappa shape index (κ3) is 3.81. The summed E-state index contributed by atoms with van der Waals surface area (Å²) >= 11 is 1.41. The van der Waals surface area contributed by atoms with Crippen molar-refractivity contribution < 1.29 is 9.59 Å². The minimum Gasteiger partial charge on any atom is -0.347 e. The zero-order chi connectivity index (χ0) is 18.6. The van der Waals surface area contributed by atoms with Crippen molar-refractivity contribution in [3.63, 3.8) is 0 Å². The van der Waals surface area contributed by atoms with E-state index in [2.05, 4.69) is 5.32 Å². The number of amides is 1. The summed E-state index contributed by atoms with van der Waals surface area (Å²) in [7, 11) is 0. The van der Waals surface area contributed by atoms with Gasteiger partial charge in [-0.15, -0.1) is 11.3 Å². The second-order valence-corrected chi connectivity index (χ2v) is 7.37. The van der Waals surface area contributed by atoms with Gasteiger partial charge in [0.25, 0.3) is 5.91 Å². The van der Waals surface area contributed by atoms with E-state index in [9.17, 15) is 9.59 Å². The average Bonchev–Trinajstić information content (AvgIpc) is 3.21. The molecular formula is C23H17NO2S. The molecular weight excluding hydrogens is 354 g/mol. The number of benzene rings is 3. The Balaban J connectivity index is 1.43. The Morgan fingerprint density at radius 2 is 1.48 bits per heavy atom. The monoisotopic (exact) mass is 371 g/mol. The fraction of sp³-hybridized carbons (Fsp3) is 0.0435. The molecule has 0 aliphatic rings. The number of nitrogens with one attached hydrogen (secondary N) is 1. The van der Waals surface area contributed by atoms with Gasteiger partial charge in [0.2, 0.25) is 5.78 Å². The highest BCUT2D eigenvalue weighted by Gasteiger charge is 2.12. The lowest BCUT2D eigenvalue weighted by Crippen LogP contribution is -2.22. The molecule has 3 nitrogen and oxygen atoms in total. The highest BCUT2D eigenvalue weighted by molar-refractivity contribution is 7.14. The number of thiophene rings is 1. The van der Waals surface area contributed by atoms with E-state index in [0.717, 1.165) is 15.6 Å². The predicted molar refractivity (Wildman–Crippen MR) is 109 cm³/mol. The summed E-state index contributed by atoms with van der Waals surface area (Å²) in [6, 6.07) is 26.5. The first-order chi connectivity index (χ1) is 13.2. The van der Waals surface area contributed by atoms with Gasteiger partial charge < -0.3 is 5.32 Å². The molecule has 0 radical (unpaired) electrons. The quantitative estimate of drug-likeness (QED) is 0.498. The molecule has 0 aliphatic carbocycles. The van der Waals surface area contributed by atoms with Gasteiger partial charge in [-0.05, 0) is 35.0 Å². The van der Waals surface area contributed by atoms with Crippen molar-refractivity contribution in [3.05, 3.63) is 106 Å². The first-order valence-electron chi connectivity index (χ1n) is 8.66. The molecule has 1 N–H and O–H groups in total. The highest BCUT2D eigenvalue weighted by atomic mass is 32.1. The van der Waals surface area contributed by atoms with Gasteiger partial charge in [0.1, 0.15) is 0 Å². The lowest BCUT2D eigenvalue weighted by Gasteiger charge is -2.05. The van der Waals surface area contributed by atoms with Gasteiger partial charge >= 0.3 is 0 Å². The molecule has 1 heterocycles. The van der Waals surface area contributed by atoms with Crippen molar-refractivity contribution in [2.24, 2.45) is 0 Å². The summed E-state index contributed by atoms with van der Waals surface area (Å²) in [5.74, 6) is -0.113. The van der Waals surface area contributed by atoms with E-state index in [-0.39, 0.29) is 11.7 Å². The van der Waals surface area contributed by atoms with Crippen LogP contribution in [0.1, 0.15) is 30.5 Å². The normalized spacial score (nSPS) is 10.7. The molecule has 3 aromatic carbocycles. The van der Waals surface area contributed by atoms with E-state index in [1.807, 2.05) is 84.9 Å². The van der Waals surface area contributed by atoms with E-state index in [1.54, 1.807) is 0 Å². The minimum atomic E-state index is -0.120. The summed E-state index contributed by atoms with van der Waals surface area (Å²) < 4.78 is 0. The molecule has 1 amide bonds. The van der Waals surface area contributed by atoms with Crippen LogP contribution < -0.4 is 5.32 Å². The Kier molecular flexibility index (Phi) is 4.81. The molecule has 0 spiro atoms. The first-order valence-corrected chi connectivity index (χ1v) is 9.48. The molecule has 0 saturated heterocycles. The molecule has 4 aromatic rings. The lowest BCUT2D eigenvalue weighted by molar-refractivity contribution is 0.0951. The molecule has 132 valence electrons.